The number of benzene rings is 2. The molecule has 3 N–H and O–H groups in total. The van der Waals surface area contributed by atoms with Crippen LogP contribution in [0.2, 0.25) is 0 Å². The lowest BCUT2D eigenvalue weighted by Crippen LogP contribution is -2.36. The van der Waals surface area contributed by atoms with Crippen molar-refractivity contribution in [3.63, 3.8) is 0 Å². The number of aromatic amines is 1. The average Bonchev–Trinajstić information content (AvgIpc) is 3.35. The number of nitrogens with zero attached hydrogens (tertiary/aromatic N) is 1. The smallest absolute Gasteiger partial charge is 0.324 e. The van der Waals surface area contributed by atoms with Crippen molar-refractivity contribution < 1.29 is 14.4 Å². The third kappa shape index (κ3) is 5.61. The summed E-state index contributed by atoms with van der Waals surface area (Å²) < 4.78 is 0. The minimum Gasteiger partial charge on any atom is -0.361 e. The molecule has 1 aliphatic rings. The van der Waals surface area contributed by atoms with Gasteiger partial charge >= 0.3 is 6.03 Å². The van der Waals surface area contributed by atoms with E-state index in [0.717, 1.165) is 29.3 Å². The highest BCUT2D eigenvalue weighted by Gasteiger charge is 2.37. The molecular weight excluding hydrogens is 416 g/mol. The summed E-state index contributed by atoms with van der Waals surface area (Å²) in [7, 11) is 0. The third-order valence-electron chi connectivity index (χ3n) is 6.16. The van der Waals surface area contributed by atoms with Crippen LogP contribution in [-0.2, 0) is 22.4 Å². The Bertz CT molecular complexity index is 1120. The Morgan fingerprint density at radius 3 is 2.64 bits per heavy atom. The van der Waals surface area contributed by atoms with E-state index < -0.39 is 6.04 Å². The van der Waals surface area contributed by atoms with Gasteiger partial charge in [0.1, 0.15) is 6.04 Å². The molecule has 1 saturated heterocycles. The number of nitrogens with one attached hydrogen (secondary N) is 3. The molecule has 1 aliphatic heterocycles. The van der Waals surface area contributed by atoms with Crippen molar-refractivity contribution in [1.29, 1.82) is 0 Å². The topological polar surface area (TPSA) is 94.3 Å². The first-order valence-electron chi connectivity index (χ1n) is 11.5. The number of amides is 4. The van der Waals surface area contributed by atoms with Crippen molar-refractivity contribution in [2.45, 2.75) is 51.1 Å². The van der Waals surface area contributed by atoms with E-state index in [1.807, 2.05) is 55.6 Å². The highest BCUT2D eigenvalue weighted by molar-refractivity contribution is 6.04. The first kappa shape index (κ1) is 22.6. The van der Waals surface area contributed by atoms with Crippen LogP contribution in [0.1, 0.15) is 37.3 Å². The monoisotopic (exact) mass is 446 g/mol. The number of carbonyl (C=O) groups excluding carboxylic acids is 3. The lowest BCUT2D eigenvalue weighted by molar-refractivity contribution is -0.127. The fourth-order valence-electron chi connectivity index (χ4n) is 4.28. The molecule has 0 bridgehead atoms. The molecule has 0 saturated carbocycles. The Hall–Kier alpha value is -3.61. The van der Waals surface area contributed by atoms with Crippen molar-refractivity contribution in [2.24, 2.45) is 0 Å². The Balaban J connectivity index is 1.21. The number of hydrogen-bond acceptors (Lipinski definition) is 3. The molecule has 0 unspecified atom stereocenters. The number of aromatic nitrogens is 1. The summed E-state index contributed by atoms with van der Waals surface area (Å²) in [6, 6.07) is 17.1. The lowest BCUT2D eigenvalue weighted by atomic mass is 10.1. The number of urea groups is 1. The zero-order valence-corrected chi connectivity index (χ0v) is 18.8. The molecule has 0 spiro atoms. The minimum absolute atomic E-state index is 0.0410. The standard InChI is InChI=1S/C26H30N4O3/c1-18(11-12-19-7-3-2-4-8-19)28-24(31)14-13-23-25(32)30(26(33)29-23)16-15-20-17-27-22-10-6-5-9-21(20)22/h2-10,17-18,23,27H,11-16H2,1H3,(H,28,31)(H,29,33)/t18-,23-/m1/s1. The third-order valence-corrected chi connectivity index (χ3v) is 6.16. The molecule has 7 nitrogen and oxygen atoms in total. The zero-order chi connectivity index (χ0) is 23.2. The average molecular weight is 447 g/mol. The molecule has 2 atom stereocenters. The molecule has 1 aromatic heterocycles. The number of hydrogen-bond donors (Lipinski definition) is 3. The van der Waals surface area contributed by atoms with Gasteiger partial charge in [-0.05, 0) is 49.8 Å². The van der Waals surface area contributed by atoms with Crippen molar-refractivity contribution in [3.05, 3.63) is 71.9 Å². The number of imide groups is 1. The van der Waals surface area contributed by atoms with Gasteiger partial charge in [0, 0.05) is 36.1 Å². The maximum absolute atomic E-state index is 12.7. The molecular formula is C26H30N4O3. The first-order valence-corrected chi connectivity index (χ1v) is 11.5. The van der Waals surface area contributed by atoms with Crippen LogP contribution in [0.25, 0.3) is 10.9 Å². The van der Waals surface area contributed by atoms with Crippen molar-refractivity contribution >= 4 is 28.7 Å². The summed E-state index contributed by atoms with van der Waals surface area (Å²) in [6.45, 7) is 2.29. The van der Waals surface area contributed by atoms with E-state index >= 15 is 0 Å². The van der Waals surface area contributed by atoms with Crippen LogP contribution >= 0.6 is 0 Å². The Labute approximate surface area is 193 Å². The molecule has 172 valence electrons. The van der Waals surface area contributed by atoms with Crippen molar-refractivity contribution in [2.75, 3.05) is 6.54 Å². The minimum atomic E-state index is -0.647. The summed E-state index contributed by atoms with van der Waals surface area (Å²) in [6.07, 6.45) is 4.73. The van der Waals surface area contributed by atoms with E-state index in [0.29, 0.717) is 19.4 Å². The number of fused-ring (bicyclic) bond motifs is 1. The van der Waals surface area contributed by atoms with Crippen LogP contribution in [0, 0.1) is 0 Å². The molecule has 3 aromatic rings. The van der Waals surface area contributed by atoms with Crippen LogP contribution in [0.4, 0.5) is 4.79 Å². The fourth-order valence-corrected chi connectivity index (χ4v) is 4.28. The first-order chi connectivity index (χ1) is 16.0. The van der Waals surface area contributed by atoms with Crippen molar-refractivity contribution in [3.8, 4) is 0 Å². The number of para-hydroxylation sites is 1. The maximum atomic E-state index is 12.7. The highest BCUT2D eigenvalue weighted by Crippen LogP contribution is 2.19. The highest BCUT2D eigenvalue weighted by atomic mass is 16.2. The molecule has 7 heteroatoms. The van der Waals surface area contributed by atoms with Crippen LogP contribution in [0.15, 0.2) is 60.8 Å². The quantitative estimate of drug-likeness (QED) is 0.416. The van der Waals surface area contributed by atoms with E-state index in [2.05, 4.69) is 27.8 Å². The van der Waals surface area contributed by atoms with Gasteiger partial charge < -0.3 is 15.6 Å². The maximum Gasteiger partial charge on any atom is 0.324 e. The van der Waals surface area contributed by atoms with E-state index in [-0.39, 0.29) is 30.3 Å². The second-order valence-corrected chi connectivity index (χ2v) is 8.63. The normalized spacial score (nSPS) is 16.8. The Morgan fingerprint density at radius 2 is 1.82 bits per heavy atom. The van der Waals surface area contributed by atoms with Gasteiger partial charge in [-0.3, -0.25) is 14.5 Å². The van der Waals surface area contributed by atoms with Gasteiger partial charge in [-0.1, -0.05) is 48.5 Å². The summed E-state index contributed by atoms with van der Waals surface area (Å²) in [5.41, 5.74) is 3.34. The molecule has 0 aliphatic carbocycles. The van der Waals surface area contributed by atoms with Crippen LogP contribution in [0.5, 0.6) is 0 Å². The molecule has 1 fully saturated rings. The van der Waals surface area contributed by atoms with Gasteiger partial charge in [-0.2, -0.15) is 0 Å². The number of aryl methyl sites for hydroxylation is 1. The Morgan fingerprint density at radius 1 is 1.06 bits per heavy atom. The molecule has 2 aromatic carbocycles. The molecule has 0 radical (unpaired) electrons. The second-order valence-electron chi connectivity index (χ2n) is 8.63. The van der Waals surface area contributed by atoms with E-state index in [9.17, 15) is 14.4 Å². The summed E-state index contributed by atoms with van der Waals surface area (Å²) >= 11 is 0. The second kappa shape index (κ2) is 10.3. The zero-order valence-electron chi connectivity index (χ0n) is 18.8. The van der Waals surface area contributed by atoms with Gasteiger partial charge in [-0.15, -0.1) is 0 Å². The van der Waals surface area contributed by atoms with Gasteiger partial charge in [0.15, 0.2) is 0 Å². The fraction of sp³-hybridized carbons (Fsp3) is 0.346. The largest absolute Gasteiger partial charge is 0.361 e. The SMILES string of the molecule is C[C@H](CCc1ccccc1)NC(=O)CC[C@H]1NC(=O)N(CCc2c[nH]c3ccccc23)C1=O. The molecule has 4 amide bonds. The predicted octanol–water partition coefficient (Wildman–Crippen LogP) is 3.55. The predicted molar refractivity (Wildman–Crippen MR) is 128 cm³/mol. The van der Waals surface area contributed by atoms with Crippen molar-refractivity contribution in [1.82, 2.24) is 20.5 Å². The summed E-state index contributed by atoms with van der Waals surface area (Å²) in [4.78, 5) is 41.9. The van der Waals surface area contributed by atoms with Gasteiger partial charge in [-0.25, -0.2) is 4.79 Å². The molecule has 33 heavy (non-hydrogen) atoms. The number of carbonyl (C=O) groups is 3. The Kier molecular flexibility index (Phi) is 7.07. The van der Waals surface area contributed by atoms with E-state index in [1.54, 1.807) is 0 Å². The van der Waals surface area contributed by atoms with Gasteiger partial charge in [0.2, 0.25) is 5.91 Å². The van der Waals surface area contributed by atoms with Gasteiger partial charge in [0.05, 0.1) is 0 Å². The molecule has 4 rings (SSSR count). The van der Waals surface area contributed by atoms with E-state index in [4.69, 9.17) is 0 Å². The molecule has 2 heterocycles. The lowest BCUT2D eigenvalue weighted by Gasteiger charge is -2.15. The summed E-state index contributed by atoms with van der Waals surface area (Å²) in [5, 5.41) is 6.81. The number of H-pyrrole nitrogens is 1. The van der Waals surface area contributed by atoms with Crippen LogP contribution in [0.3, 0.4) is 0 Å². The van der Waals surface area contributed by atoms with Gasteiger partial charge in [0.25, 0.3) is 5.91 Å². The van der Waals surface area contributed by atoms with E-state index in [1.165, 1.54) is 10.5 Å². The van der Waals surface area contributed by atoms with Crippen LogP contribution < -0.4 is 10.6 Å². The summed E-state index contributed by atoms with van der Waals surface area (Å²) in [5.74, 6) is -0.361. The number of rotatable bonds is 10. The van der Waals surface area contributed by atoms with Crippen LogP contribution in [-0.4, -0.2) is 46.4 Å².